The molecule has 5 nitrogen and oxygen atoms in total. The highest BCUT2D eigenvalue weighted by Crippen LogP contribution is 2.26. The molecule has 0 unspecified atom stereocenters. The first kappa shape index (κ1) is 23.9. The number of carbonyl (C=O) groups is 2. The third kappa shape index (κ3) is 6.29. The lowest BCUT2D eigenvalue weighted by Gasteiger charge is -2.29. The molecular weight excluding hydrogens is 451 g/mol. The molecule has 0 spiro atoms. The number of nitrogens with one attached hydrogen (secondary N) is 1. The van der Waals surface area contributed by atoms with Crippen LogP contribution in [0.5, 0.6) is 5.75 Å². The number of aryl methyl sites for hydroxylation is 2. The monoisotopic (exact) mass is 478 g/mol. The van der Waals surface area contributed by atoms with Crippen molar-refractivity contribution in [3.05, 3.63) is 63.4 Å². The lowest BCUT2D eigenvalue weighted by molar-refractivity contribution is -0.142. The minimum absolute atomic E-state index is 0.0199. The van der Waals surface area contributed by atoms with Gasteiger partial charge in [0.25, 0.3) is 5.91 Å². The zero-order chi connectivity index (χ0) is 22.3. The van der Waals surface area contributed by atoms with Crippen LogP contribution in [0.2, 0.25) is 0 Å². The minimum Gasteiger partial charge on any atom is -0.484 e. The maximum Gasteiger partial charge on any atom is 0.261 e. The summed E-state index contributed by atoms with van der Waals surface area (Å²) in [5.41, 5.74) is 2.33. The molecule has 30 heavy (non-hydrogen) atoms. The molecule has 2 amide bonds. The van der Waals surface area contributed by atoms with Crippen LogP contribution in [0.1, 0.15) is 37.0 Å². The van der Waals surface area contributed by atoms with Gasteiger partial charge < -0.3 is 15.0 Å². The van der Waals surface area contributed by atoms with E-state index in [4.69, 9.17) is 4.74 Å². The average molecular weight is 479 g/mol. The smallest absolute Gasteiger partial charge is 0.261 e. The van der Waals surface area contributed by atoms with Crippen LogP contribution >= 0.6 is 15.9 Å². The van der Waals surface area contributed by atoms with Crippen molar-refractivity contribution in [2.45, 2.75) is 46.7 Å². The van der Waals surface area contributed by atoms with Crippen LogP contribution in [0.3, 0.4) is 0 Å². The largest absolute Gasteiger partial charge is 0.484 e. The minimum atomic E-state index is -0.763. The van der Waals surface area contributed by atoms with E-state index < -0.39 is 17.8 Å². The molecule has 0 aromatic heterocycles. The fraction of sp³-hybridized carbons (Fsp3) is 0.391. The highest BCUT2D eigenvalue weighted by atomic mass is 79.9. The van der Waals surface area contributed by atoms with Crippen LogP contribution in [-0.2, 0) is 16.1 Å². The van der Waals surface area contributed by atoms with Gasteiger partial charge in [-0.1, -0.05) is 41.1 Å². The quantitative estimate of drug-likeness (QED) is 0.575. The highest BCUT2D eigenvalue weighted by molar-refractivity contribution is 9.10. The van der Waals surface area contributed by atoms with Gasteiger partial charge in [-0.3, -0.25) is 9.59 Å². The molecule has 0 saturated heterocycles. The molecule has 0 radical (unpaired) electrons. The molecule has 0 fully saturated rings. The Bertz CT molecular complexity index is 881. The van der Waals surface area contributed by atoms with Gasteiger partial charge >= 0.3 is 0 Å². The normalized spacial score (nSPS) is 11.7. The first-order valence-electron chi connectivity index (χ1n) is 9.94. The Morgan fingerprint density at radius 2 is 1.83 bits per heavy atom. The molecule has 0 saturated carbocycles. The Kier molecular flexibility index (Phi) is 8.84. The number of benzene rings is 2. The third-order valence-corrected chi connectivity index (χ3v) is 6.04. The van der Waals surface area contributed by atoms with Crippen molar-refractivity contribution in [1.82, 2.24) is 10.2 Å². The van der Waals surface area contributed by atoms with E-state index >= 15 is 0 Å². The van der Waals surface area contributed by atoms with Crippen molar-refractivity contribution in [1.29, 1.82) is 0 Å². The van der Waals surface area contributed by atoms with E-state index in [0.29, 0.717) is 17.9 Å². The Hall–Kier alpha value is -2.41. The second-order valence-corrected chi connectivity index (χ2v) is 8.03. The van der Waals surface area contributed by atoms with Crippen molar-refractivity contribution in [2.24, 2.45) is 0 Å². The Labute approximate surface area is 185 Å². The predicted molar refractivity (Wildman–Crippen MR) is 119 cm³/mol. The summed E-state index contributed by atoms with van der Waals surface area (Å²) in [7, 11) is 0. The Morgan fingerprint density at radius 1 is 1.20 bits per heavy atom. The third-order valence-electron chi connectivity index (χ3n) is 4.79. The number of nitrogens with zero attached hydrogens (tertiary/aromatic N) is 1. The van der Waals surface area contributed by atoms with E-state index in [1.807, 2.05) is 32.9 Å². The summed E-state index contributed by atoms with van der Waals surface area (Å²) in [5, 5.41) is 2.79. The van der Waals surface area contributed by atoms with Crippen LogP contribution in [0.15, 0.2) is 40.9 Å². The van der Waals surface area contributed by atoms with Gasteiger partial charge in [-0.05, 0) is 56.5 Å². The van der Waals surface area contributed by atoms with E-state index in [1.165, 1.54) is 11.0 Å². The maximum absolute atomic E-state index is 14.2. The SMILES string of the molecule is CCCNC(=O)[C@H](C)N(Cc1ccccc1F)C(=O)COc1cc(C)c(Br)c(C)c1. The predicted octanol–water partition coefficient (Wildman–Crippen LogP) is 4.53. The van der Waals surface area contributed by atoms with Crippen LogP contribution < -0.4 is 10.1 Å². The van der Waals surface area contributed by atoms with Gasteiger partial charge in [0, 0.05) is 23.1 Å². The van der Waals surface area contributed by atoms with Crippen molar-refractivity contribution < 1.29 is 18.7 Å². The van der Waals surface area contributed by atoms with Crippen molar-refractivity contribution in [3.8, 4) is 5.75 Å². The summed E-state index contributed by atoms with van der Waals surface area (Å²) < 4.78 is 20.9. The number of halogens is 2. The lowest BCUT2D eigenvalue weighted by Crippen LogP contribution is -2.49. The first-order valence-corrected chi connectivity index (χ1v) is 10.7. The Balaban J connectivity index is 2.18. The summed E-state index contributed by atoms with van der Waals surface area (Å²) in [6.45, 7) is 7.71. The molecule has 2 aromatic carbocycles. The number of hydrogen-bond acceptors (Lipinski definition) is 3. The van der Waals surface area contributed by atoms with Gasteiger partial charge in [0.15, 0.2) is 6.61 Å². The van der Waals surface area contributed by atoms with Gasteiger partial charge in [-0.2, -0.15) is 0 Å². The maximum atomic E-state index is 14.2. The molecule has 2 rings (SSSR count). The summed E-state index contributed by atoms with van der Waals surface area (Å²) >= 11 is 3.51. The lowest BCUT2D eigenvalue weighted by atomic mass is 10.1. The molecule has 2 aromatic rings. The topological polar surface area (TPSA) is 58.6 Å². The van der Waals surface area contributed by atoms with Crippen LogP contribution in [-0.4, -0.2) is 35.9 Å². The molecule has 1 N–H and O–H groups in total. The fourth-order valence-electron chi connectivity index (χ4n) is 3.01. The standard InChI is InChI=1S/C23H28BrFN2O3/c1-5-10-26-23(29)17(4)27(13-18-8-6-7-9-20(18)25)21(28)14-30-19-11-15(2)22(24)16(3)12-19/h6-9,11-12,17H,5,10,13-14H2,1-4H3,(H,26,29)/t17-/m0/s1. The van der Waals surface area contributed by atoms with Gasteiger partial charge in [0.1, 0.15) is 17.6 Å². The summed E-state index contributed by atoms with van der Waals surface area (Å²) in [6.07, 6.45) is 0.783. The second kappa shape index (κ2) is 11.1. The van der Waals surface area contributed by atoms with Gasteiger partial charge in [-0.25, -0.2) is 4.39 Å². The highest BCUT2D eigenvalue weighted by Gasteiger charge is 2.27. The van der Waals surface area contributed by atoms with Crippen LogP contribution in [0, 0.1) is 19.7 Å². The summed E-state index contributed by atoms with van der Waals surface area (Å²) in [6, 6.07) is 9.14. The van der Waals surface area contributed by atoms with E-state index in [0.717, 1.165) is 22.0 Å². The number of ether oxygens (including phenoxy) is 1. The molecule has 7 heteroatoms. The number of carbonyl (C=O) groups excluding carboxylic acids is 2. The molecule has 0 bridgehead atoms. The van der Waals surface area contributed by atoms with E-state index in [2.05, 4.69) is 21.2 Å². The van der Waals surface area contributed by atoms with Gasteiger partial charge in [0.05, 0.1) is 0 Å². The first-order chi connectivity index (χ1) is 14.2. The van der Waals surface area contributed by atoms with Crippen molar-refractivity contribution in [2.75, 3.05) is 13.2 Å². The fourth-order valence-corrected chi connectivity index (χ4v) is 3.24. The zero-order valence-electron chi connectivity index (χ0n) is 17.8. The molecule has 0 aliphatic carbocycles. The number of rotatable bonds is 9. The molecule has 1 atom stereocenters. The van der Waals surface area contributed by atoms with Crippen LogP contribution in [0.25, 0.3) is 0 Å². The molecule has 0 aliphatic heterocycles. The van der Waals surface area contributed by atoms with E-state index in [9.17, 15) is 14.0 Å². The Morgan fingerprint density at radius 3 is 2.43 bits per heavy atom. The molecule has 162 valence electrons. The van der Waals surface area contributed by atoms with Crippen LogP contribution in [0.4, 0.5) is 4.39 Å². The van der Waals surface area contributed by atoms with Crippen molar-refractivity contribution >= 4 is 27.7 Å². The number of hydrogen-bond donors (Lipinski definition) is 1. The number of amides is 2. The second-order valence-electron chi connectivity index (χ2n) is 7.24. The summed E-state index contributed by atoms with van der Waals surface area (Å²) in [4.78, 5) is 26.8. The molecule has 0 heterocycles. The van der Waals surface area contributed by atoms with Crippen molar-refractivity contribution in [3.63, 3.8) is 0 Å². The summed E-state index contributed by atoms with van der Waals surface area (Å²) in [5.74, 6) is -0.528. The zero-order valence-corrected chi connectivity index (χ0v) is 19.4. The van der Waals surface area contributed by atoms with E-state index in [-0.39, 0.29) is 19.1 Å². The average Bonchev–Trinajstić information content (AvgIpc) is 2.72. The van der Waals surface area contributed by atoms with Gasteiger partial charge in [-0.15, -0.1) is 0 Å². The van der Waals surface area contributed by atoms with E-state index in [1.54, 1.807) is 25.1 Å². The van der Waals surface area contributed by atoms with Gasteiger partial charge in [0.2, 0.25) is 5.91 Å². The molecular formula is C23H28BrFN2O3. The molecule has 0 aliphatic rings.